The summed E-state index contributed by atoms with van der Waals surface area (Å²) in [4.78, 5) is 0. The van der Waals surface area contributed by atoms with Crippen LogP contribution in [0.5, 0.6) is 0 Å². The van der Waals surface area contributed by atoms with Crippen molar-refractivity contribution < 1.29 is 13.6 Å². The predicted octanol–water partition coefficient (Wildman–Crippen LogP) is 2.40. The first-order valence-electron chi connectivity index (χ1n) is 3.71. The minimum absolute atomic E-state index is 0.540. The summed E-state index contributed by atoms with van der Waals surface area (Å²) in [6.45, 7) is 1.17. The van der Waals surface area contributed by atoms with Crippen LogP contribution in [-0.2, 0) is 13.6 Å². The van der Waals surface area contributed by atoms with E-state index in [4.69, 9.17) is 9.05 Å². The number of rotatable bonds is 3. The molecule has 0 aromatic rings. The van der Waals surface area contributed by atoms with Crippen molar-refractivity contribution in [1.29, 1.82) is 0 Å². The molecule has 5 heteroatoms. The topological polar surface area (TPSA) is 35.5 Å². The average Bonchev–Trinajstić information content (AvgIpc) is 2.03. The van der Waals surface area contributed by atoms with E-state index in [1.807, 2.05) is 0 Å². The monoisotopic (exact) mass is 242 g/mol. The quantitative estimate of drug-likeness (QED) is 0.564. The Morgan fingerprint density at radius 1 is 1.36 bits per heavy atom. The van der Waals surface area contributed by atoms with Crippen LogP contribution >= 0.6 is 23.5 Å². The molecule has 66 valence electrons. The van der Waals surface area contributed by atoms with Crippen LogP contribution in [0.3, 0.4) is 0 Å². The molecule has 11 heavy (non-hydrogen) atoms. The molecule has 0 aliphatic carbocycles. The van der Waals surface area contributed by atoms with Gasteiger partial charge in [-0.05, 0) is 12.8 Å². The molecule has 1 aliphatic heterocycles. The van der Waals surface area contributed by atoms with Crippen LogP contribution in [-0.4, -0.2) is 24.7 Å². The SMILES string of the molecule is O=P1(CCCBr)OCCCO1. The van der Waals surface area contributed by atoms with Crippen molar-refractivity contribution in [3.8, 4) is 0 Å². The molecular weight excluding hydrogens is 231 g/mol. The van der Waals surface area contributed by atoms with Crippen molar-refractivity contribution >= 4 is 23.5 Å². The number of hydrogen-bond donors (Lipinski definition) is 0. The second-order valence-corrected chi connectivity index (χ2v) is 5.38. The largest absolute Gasteiger partial charge is 0.330 e. The third-order valence-electron chi connectivity index (χ3n) is 1.43. The molecule has 0 saturated carbocycles. The van der Waals surface area contributed by atoms with Gasteiger partial charge in [0.15, 0.2) is 0 Å². The smallest absolute Gasteiger partial charge is 0.308 e. The van der Waals surface area contributed by atoms with Crippen LogP contribution < -0.4 is 0 Å². The molecule has 1 saturated heterocycles. The van der Waals surface area contributed by atoms with Crippen molar-refractivity contribution in [2.45, 2.75) is 12.8 Å². The fourth-order valence-electron chi connectivity index (χ4n) is 0.886. The van der Waals surface area contributed by atoms with Crippen LogP contribution in [0, 0.1) is 0 Å². The zero-order valence-corrected chi connectivity index (χ0v) is 8.77. The zero-order chi connectivity index (χ0) is 8.16. The van der Waals surface area contributed by atoms with Crippen molar-refractivity contribution in [2.24, 2.45) is 0 Å². The molecule has 0 unspecified atom stereocenters. The molecule has 0 atom stereocenters. The molecule has 1 heterocycles. The van der Waals surface area contributed by atoms with E-state index in [9.17, 15) is 4.57 Å². The number of halogens is 1. The second kappa shape index (κ2) is 4.61. The van der Waals surface area contributed by atoms with Gasteiger partial charge in [0.05, 0.1) is 19.4 Å². The lowest BCUT2D eigenvalue weighted by molar-refractivity contribution is 0.146. The molecule has 1 aliphatic rings. The highest BCUT2D eigenvalue weighted by Crippen LogP contribution is 2.50. The molecular formula is C6H12BrO3P. The van der Waals surface area contributed by atoms with E-state index in [0.29, 0.717) is 19.4 Å². The molecule has 1 fully saturated rings. The lowest BCUT2D eigenvalue weighted by Crippen LogP contribution is -2.10. The maximum atomic E-state index is 11.5. The van der Waals surface area contributed by atoms with E-state index in [1.54, 1.807) is 0 Å². The Bertz CT molecular complexity index is 152. The number of hydrogen-bond acceptors (Lipinski definition) is 3. The van der Waals surface area contributed by atoms with Gasteiger partial charge < -0.3 is 9.05 Å². The van der Waals surface area contributed by atoms with Gasteiger partial charge in [0.25, 0.3) is 0 Å². The van der Waals surface area contributed by atoms with Gasteiger partial charge in [0, 0.05) is 5.33 Å². The normalized spacial score (nSPS) is 23.4. The highest BCUT2D eigenvalue weighted by Gasteiger charge is 2.26. The lowest BCUT2D eigenvalue weighted by Gasteiger charge is -2.22. The van der Waals surface area contributed by atoms with Crippen LogP contribution in [0.2, 0.25) is 0 Å². The Labute approximate surface area is 75.1 Å². The minimum Gasteiger partial charge on any atom is -0.308 e. The van der Waals surface area contributed by atoms with Gasteiger partial charge in [0.2, 0.25) is 0 Å². The van der Waals surface area contributed by atoms with E-state index in [2.05, 4.69) is 15.9 Å². The van der Waals surface area contributed by atoms with Gasteiger partial charge in [-0.1, -0.05) is 15.9 Å². The van der Waals surface area contributed by atoms with Crippen molar-refractivity contribution in [1.82, 2.24) is 0 Å². The fraction of sp³-hybridized carbons (Fsp3) is 1.00. The predicted molar refractivity (Wildman–Crippen MR) is 47.4 cm³/mol. The summed E-state index contributed by atoms with van der Waals surface area (Å²) in [7, 11) is -2.66. The van der Waals surface area contributed by atoms with Crippen LogP contribution in [0.4, 0.5) is 0 Å². The Balaban J connectivity index is 2.32. The summed E-state index contributed by atoms with van der Waals surface area (Å²) in [5, 5.41) is 0.851. The molecule has 0 spiro atoms. The zero-order valence-electron chi connectivity index (χ0n) is 6.29. The summed E-state index contributed by atoms with van der Waals surface area (Å²) in [5.74, 6) is 0. The average molecular weight is 243 g/mol. The van der Waals surface area contributed by atoms with Crippen molar-refractivity contribution in [2.75, 3.05) is 24.7 Å². The Hall–Kier alpha value is 0.630. The van der Waals surface area contributed by atoms with Gasteiger partial charge in [-0.25, -0.2) is 0 Å². The first-order chi connectivity index (χ1) is 5.27. The summed E-state index contributed by atoms with van der Waals surface area (Å²) in [5.41, 5.74) is 0. The van der Waals surface area contributed by atoms with Crippen molar-refractivity contribution in [3.63, 3.8) is 0 Å². The third kappa shape index (κ3) is 3.24. The molecule has 0 radical (unpaired) electrons. The van der Waals surface area contributed by atoms with Gasteiger partial charge in [0.1, 0.15) is 0 Å². The molecule has 0 bridgehead atoms. The van der Waals surface area contributed by atoms with Crippen LogP contribution in [0.15, 0.2) is 0 Å². The van der Waals surface area contributed by atoms with Crippen LogP contribution in [0.25, 0.3) is 0 Å². The van der Waals surface area contributed by atoms with E-state index >= 15 is 0 Å². The van der Waals surface area contributed by atoms with Crippen molar-refractivity contribution in [3.05, 3.63) is 0 Å². The van der Waals surface area contributed by atoms with E-state index in [0.717, 1.165) is 18.2 Å². The maximum absolute atomic E-state index is 11.5. The van der Waals surface area contributed by atoms with E-state index in [1.165, 1.54) is 0 Å². The fourth-order valence-corrected chi connectivity index (χ4v) is 3.29. The highest BCUT2D eigenvalue weighted by atomic mass is 79.9. The van der Waals surface area contributed by atoms with Gasteiger partial charge in [-0.3, -0.25) is 4.57 Å². The summed E-state index contributed by atoms with van der Waals surface area (Å²) < 4.78 is 21.7. The van der Waals surface area contributed by atoms with E-state index < -0.39 is 7.60 Å². The summed E-state index contributed by atoms with van der Waals surface area (Å²) in [6, 6.07) is 0. The standard InChI is InChI=1S/C6H12BrO3P/c7-3-1-6-11(8)9-4-2-5-10-11/h1-6H2. The minimum atomic E-state index is -2.66. The highest BCUT2D eigenvalue weighted by molar-refractivity contribution is 9.09. The summed E-state index contributed by atoms with van der Waals surface area (Å²) >= 11 is 3.27. The molecule has 0 amide bonds. The van der Waals surface area contributed by atoms with Gasteiger partial charge >= 0.3 is 7.60 Å². The molecule has 0 aromatic heterocycles. The second-order valence-electron chi connectivity index (χ2n) is 2.40. The van der Waals surface area contributed by atoms with Gasteiger partial charge in [-0.2, -0.15) is 0 Å². The van der Waals surface area contributed by atoms with Gasteiger partial charge in [-0.15, -0.1) is 0 Å². The Morgan fingerprint density at radius 2 is 2.00 bits per heavy atom. The summed E-state index contributed by atoms with van der Waals surface area (Å²) in [6.07, 6.45) is 2.24. The Kier molecular flexibility index (Phi) is 4.07. The third-order valence-corrected chi connectivity index (χ3v) is 4.01. The van der Waals surface area contributed by atoms with E-state index in [-0.39, 0.29) is 0 Å². The maximum Gasteiger partial charge on any atom is 0.330 e. The van der Waals surface area contributed by atoms with Crippen LogP contribution in [0.1, 0.15) is 12.8 Å². The molecule has 0 aromatic carbocycles. The first-order valence-corrected chi connectivity index (χ1v) is 6.56. The first kappa shape index (κ1) is 9.72. The lowest BCUT2D eigenvalue weighted by atomic mass is 10.5. The molecule has 1 rings (SSSR count). The Morgan fingerprint density at radius 3 is 2.55 bits per heavy atom. The molecule has 3 nitrogen and oxygen atoms in total. The number of alkyl halides is 1. The molecule has 0 N–H and O–H groups in total.